The second kappa shape index (κ2) is 6.25. The summed E-state index contributed by atoms with van der Waals surface area (Å²) in [5.41, 5.74) is 0.798. The van der Waals surface area contributed by atoms with Crippen molar-refractivity contribution in [2.75, 3.05) is 6.61 Å². The van der Waals surface area contributed by atoms with Crippen LogP contribution >= 0.6 is 11.6 Å². The Morgan fingerprint density at radius 3 is 3.12 bits per heavy atom. The SMILES string of the molecule is CC(CO)NC(=O)/C=C/c1ccnc(Cl)c1. The first-order chi connectivity index (χ1) is 7.61. The van der Waals surface area contributed by atoms with E-state index in [1.807, 2.05) is 0 Å². The largest absolute Gasteiger partial charge is 0.394 e. The highest BCUT2D eigenvalue weighted by atomic mass is 35.5. The van der Waals surface area contributed by atoms with Gasteiger partial charge in [-0.2, -0.15) is 0 Å². The smallest absolute Gasteiger partial charge is 0.244 e. The molecule has 1 amide bonds. The number of carbonyl (C=O) groups excluding carboxylic acids is 1. The van der Waals surface area contributed by atoms with Gasteiger partial charge in [0.2, 0.25) is 5.91 Å². The molecule has 0 saturated heterocycles. The molecule has 0 bridgehead atoms. The van der Waals surface area contributed by atoms with Gasteiger partial charge in [0.05, 0.1) is 6.61 Å². The van der Waals surface area contributed by atoms with Crippen molar-refractivity contribution >= 4 is 23.6 Å². The molecule has 1 aromatic rings. The molecule has 0 radical (unpaired) electrons. The number of hydrogen-bond donors (Lipinski definition) is 2. The number of carbonyl (C=O) groups is 1. The molecular weight excluding hydrogens is 228 g/mol. The molecule has 0 aliphatic heterocycles. The van der Waals surface area contributed by atoms with Gasteiger partial charge in [-0.15, -0.1) is 0 Å². The summed E-state index contributed by atoms with van der Waals surface area (Å²) in [6.07, 6.45) is 4.58. The summed E-state index contributed by atoms with van der Waals surface area (Å²) in [5, 5.41) is 11.7. The first-order valence-electron chi connectivity index (χ1n) is 4.83. The number of nitrogens with zero attached hydrogens (tertiary/aromatic N) is 1. The average molecular weight is 241 g/mol. The van der Waals surface area contributed by atoms with Gasteiger partial charge in [-0.3, -0.25) is 4.79 Å². The maximum Gasteiger partial charge on any atom is 0.244 e. The minimum atomic E-state index is -0.255. The van der Waals surface area contributed by atoms with Gasteiger partial charge in [-0.05, 0) is 30.7 Å². The molecule has 0 saturated carbocycles. The lowest BCUT2D eigenvalue weighted by atomic mass is 10.2. The van der Waals surface area contributed by atoms with Crippen LogP contribution in [0.15, 0.2) is 24.4 Å². The first kappa shape index (κ1) is 12.7. The third-order valence-corrected chi connectivity index (χ3v) is 2.05. The summed E-state index contributed by atoms with van der Waals surface area (Å²) in [5.74, 6) is -0.255. The molecule has 2 N–H and O–H groups in total. The second-order valence-electron chi connectivity index (χ2n) is 3.34. The van der Waals surface area contributed by atoms with E-state index >= 15 is 0 Å². The van der Waals surface area contributed by atoms with Crippen LogP contribution in [0.25, 0.3) is 6.08 Å². The molecule has 1 heterocycles. The lowest BCUT2D eigenvalue weighted by Gasteiger charge is -2.07. The maximum absolute atomic E-state index is 11.3. The fraction of sp³-hybridized carbons (Fsp3) is 0.273. The van der Waals surface area contributed by atoms with Crippen molar-refractivity contribution < 1.29 is 9.90 Å². The number of amides is 1. The minimum Gasteiger partial charge on any atom is -0.394 e. The fourth-order valence-corrected chi connectivity index (χ4v) is 1.21. The molecule has 0 fully saturated rings. The van der Waals surface area contributed by atoms with Crippen molar-refractivity contribution in [3.63, 3.8) is 0 Å². The molecule has 0 aromatic carbocycles. The Morgan fingerprint density at radius 1 is 1.75 bits per heavy atom. The van der Waals surface area contributed by atoms with Crippen LogP contribution in [0.1, 0.15) is 12.5 Å². The summed E-state index contributed by atoms with van der Waals surface area (Å²) >= 11 is 5.69. The number of aromatic nitrogens is 1. The van der Waals surface area contributed by atoms with Crippen molar-refractivity contribution in [2.24, 2.45) is 0 Å². The van der Waals surface area contributed by atoms with Gasteiger partial charge >= 0.3 is 0 Å². The molecule has 1 atom stereocenters. The van der Waals surface area contributed by atoms with Gasteiger partial charge in [-0.25, -0.2) is 4.98 Å². The number of aliphatic hydroxyl groups excluding tert-OH is 1. The Morgan fingerprint density at radius 2 is 2.50 bits per heavy atom. The molecule has 0 spiro atoms. The van der Waals surface area contributed by atoms with Gasteiger partial charge < -0.3 is 10.4 Å². The zero-order valence-corrected chi connectivity index (χ0v) is 9.61. The predicted octanol–water partition coefficient (Wildman–Crippen LogP) is 1.25. The number of halogens is 1. The molecule has 0 aliphatic rings. The van der Waals surface area contributed by atoms with Crippen molar-refractivity contribution in [1.29, 1.82) is 0 Å². The van der Waals surface area contributed by atoms with Crippen LogP contribution in [0.2, 0.25) is 5.15 Å². The summed E-state index contributed by atoms with van der Waals surface area (Å²) in [6, 6.07) is 3.14. The lowest BCUT2D eigenvalue weighted by Crippen LogP contribution is -2.33. The molecule has 0 aliphatic carbocycles. The quantitative estimate of drug-likeness (QED) is 0.615. The standard InChI is InChI=1S/C11H13ClN2O2/c1-8(7-15)14-11(16)3-2-9-4-5-13-10(12)6-9/h2-6,8,15H,7H2,1H3,(H,14,16)/b3-2+. The van der Waals surface area contributed by atoms with Crippen molar-refractivity contribution in [1.82, 2.24) is 10.3 Å². The highest BCUT2D eigenvalue weighted by molar-refractivity contribution is 6.29. The Kier molecular flexibility index (Phi) is 4.95. The molecule has 16 heavy (non-hydrogen) atoms. The van der Waals surface area contributed by atoms with Crippen LogP contribution in [0.4, 0.5) is 0 Å². The third kappa shape index (κ3) is 4.42. The summed E-state index contributed by atoms with van der Waals surface area (Å²) in [6.45, 7) is 1.63. The van der Waals surface area contributed by atoms with Crippen molar-refractivity contribution in [3.8, 4) is 0 Å². The van der Waals surface area contributed by atoms with Crippen LogP contribution in [0.5, 0.6) is 0 Å². The second-order valence-corrected chi connectivity index (χ2v) is 3.72. The molecular formula is C11H13ClN2O2. The Bertz CT molecular complexity index is 393. The van der Waals surface area contributed by atoms with E-state index in [0.29, 0.717) is 5.15 Å². The van der Waals surface area contributed by atoms with E-state index < -0.39 is 0 Å². The van der Waals surface area contributed by atoms with Crippen molar-refractivity contribution in [2.45, 2.75) is 13.0 Å². The number of nitrogens with one attached hydrogen (secondary N) is 1. The lowest BCUT2D eigenvalue weighted by molar-refractivity contribution is -0.117. The highest BCUT2D eigenvalue weighted by Gasteiger charge is 2.01. The van der Waals surface area contributed by atoms with Gasteiger partial charge in [-0.1, -0.05) is 11.6 Å². The summed E-state index contributed by atoms with van der Waals surface area (Å²) in [7, 11) is 0. The topological polar surface area (TPSA) is 62.2 Å². The van der Waals surface area contributed by atoms with Gasteiger partial charge in [0.1, 0.15) is 5.15 Å². The van der Waals surface area contributed by atoms with E-state index in [1.54, 1.807) is 31.3 Å². The molecule has 1 unspecified atom stereocenters. The van der Waals surface area contributed by atoms with Crippen LogP contribution in [-0.2, 0) is 4.79 Å². The van der Waals surface area contributed by atoms with Crippen molar-refractivity contribution in [3.05, 3.63) is 35.1 Å². The average Bonchev–Trinajstić information content (AvgIpc) is 2.26. The van der Waals surface area contributed by atoms with Crippen LogP contribution < -0.4 is 5.32 Å². The summed E-state index contributed by atoms with van der Waals surface area (Å²) < 4.78 is 0. The van der Waals surface area contributed by atoms with E-state index in [9.17, 15) is 4.79 Å². The number of aliphatic hydroxyl groups is 1. The van der Waals surface area contributed by atoms with Gasteiger partial charge in [0.25, 0.3) is 0 Å². The Labute approximate surface area is 99.0 Å². The highest BCUT2D eigenvalue weighted by Crippen LogP contribution is 2.08. The number of rotatable bonds is 4. The van der Waals surface area contributed by atoms with E-state index in [1.165, 1.54) is 6.08 Å². The maximum atomic E-state index is 11.3. The molecule has 5 heteroatoms. The number of hydrogen-bond acceptors (Lipinski definition) is 3. The van der Waals surface area contributed by atoms with Crippen LogP contribution in [-0.4, -0.2) is 28.6 Å². The molecule has 4 nitrogen and oxygen atoms in total. The summed E-state index contributed by atoms with van der Waals surface area (Å²) in [4.78, 5) is 15.1. The minimum absolute atomic E-state index is 0.0827. The predicted molar refractivity (Wildman–Crippen MR) is 63.0 cm³/mol. The van der Waals surface area contributed by atoms with E-state index in [4.69, 9.17) is 16.7 Å². The van der Waals surface area contributed by atoms with Crippen LogP contribution in [0.3, 0.4) is 0 Å². The zero-order valence-electron chi connectivity index (χ0n) is 8.85. The number of pyridine rings is 1. The molecule has 1 aromatic heterocycles. The normalized spacial score (nSPS) is 12.7. The first-order valence-corrected chi connectivity index (χ1v) is 5.20. The fourth-order valence-electron chi connectivity index (χ4n) is 1.03. The van der Waals surface area contributed by atoms with E-state index in [0.717, 1.165) is 5.56 Å². The Hall–Kier alpha value is -1.39. The zero-order chi connectivity index (χ0) is 12.0. The van der Waals surface area contributed by atoms with Crippen LogP contribution in [0, 0.1) is 0 Å². The molecule has 1 rings (SSSR count). The molecule has 86 valence electrons. The van der Waals surface area contributed by atoms with Gasteiger partial charge in [0, 0.05) is 18.3 Å². The van der Waals surface area contributed by atoms with E-state index in [2.05, 4.69) is 10.3 Å². The monoisotopic (exact) mass is 240 g/mol. The third-order valence-electron chi connectivity index (χ3n) is 1.84. The van der Waals surface area contributed by atoms with E-state index in [-0.39, 0.29) is 18.6 Å². The van der Waals surface area contributed by atoms with Gasteiger partial charge in [0.15, 0.2) is 0 Å². The Balaban J connectivity index is 2.56.